The number of hydrogen-bond acceptors (Lipinski definition) is 6. The largest absolute Gasteiger partial charge is 0.354 e. The molecule has 0 bridgehead atoms. The minimum Gasteiger partial charge on any atom is -0.354 e. The van der Waals surface area contributed by atoms with E-state index in [9.17, 15) is 26.8 Å². The average Bonchev–Trinajstić information content (AvgIpc) is 3.13. The van der Waals surface area contributed by atoms with Crippen LogP contribution in [0, 0.1) is 22.9 Å². The molecule has 1 aromatic heterocycles. The molecule has 14 heteroatoms. The van der Waals surface area contributed by atoms with Gasteiger partial charge in [-0.1, -0.05) is 11.6 Å². The highest BCUT2D eigenvalue weighted by Gasteiger charge is 2.22. The maximum Gasteiger partial charge on any atom is 0.208 e. The molecule has 0 aliphatic rings. The molecule has 0 aliphatic heterocycles. The SMILES string of the molecule is CS(=O)(=O)NCCNc1nc2c(F)c(F)cc(C(=N)N(O)c3ccc(F)c(Cl)c3)c2[nH]1. The van der Waals surface area contributed by atoms with Crippen molar-refractivity contribution in [3.63, 3.8) is 0 Å². The predicted molar refractivity (Wildman–Crippen MR) is 110 cm³/mol. The number of H-pyrrole nitrogens is 1. The molecule has 0 fully saturated rings. The number of nitrogens with one attached hydrogen (secondary N) is 4. The highest BCUT2D eigenvalue weighted by atomic mass is 35.5. The van der Waals surface area contributed by atoms with Gasteiger partial charge < -0.3 is 10.3 Å². The lowest BCUT2D eigenvalue weighted by molar-refractivity contribution is 0.312. The Bertz CT molecular complexity index is 1270. The van der Waals surface area contributed by atoms with E-state index in [0.29, 0.717) is 11.1 Å². The molecule has 166 valence electrons. The number of anilines is 2. The summed E-state index contributed by atoms with van der Waals surface area (Å²) in [6.07, 6.45) is 0.985. The van der Waals surface area contributed by atoms with Gasteiger partial charge in [0.15, 0.2) is 17.5 Å². The number of halogens is 4. The summed E-state index contributed by atoms with van der Waals surface area (Å²) in [4.78, 5) is 6.55. The van der Waals surface area contributed by atoms with Crippen molar-refractivity contribution in [1.82, 2.24) is 14.7 Å². The second-order valence-corrected chi connectivity index (χ2v) is 8.62. The van der Waals surface area contributed by atoms with E-state index in [2.05, 4.69) is 20.0 Å². The molecule has 0 amide bonds. The lowest BCUT2D eigenvalue weighted by Crippen LogP contribution is -2.28. The van der Waals surface area contributed by atoms with Crippen LogP contribution in [0.3, 0.4) is 0 Å². The molecule has 1 heterocycles. The van der Waals surface area contributed by atoms with Gasteiger partial charge in [0.25, 0.3) is 0 Å². The summed E-state index contributed by atoms with van der Waals surface area (Å²) in [5.74, 6) is -4.01. The van der Waals surface area contributed by atoms with Crippen LogP contribution >= 0.6 is 11.6 Å². The number of benzene rings is 2. The van der Waals surface area contributed by atoms with Gasteiger partial charge in [0, 0.05) is 18.7 Å². The van der Waals surface area contributed by atoms with Crippen LogP contribution in [0.15, 0.2) is 24.3 Å². The maximum absolute atomic E-state index is 14.2. The Morgan fingerprint density at radius 1 is 1.26 bits per heavy atom. The number of sulfonamides is 1. The quantitative estimate of drug-likeness (QED) is 0.154. The highest BCUT2D eigenvalue weighted by Crippen LogP contribution is 2.28. The van der Waals surface area contributed by atoms with Gasteiger partial charge in [0.2, 0.25) is 16.0 Å². The van der Waals surface area contributed by atoms with Crippen molar-refractivity contribution >= 4 is 50.1 Å². The fourth-order valence-electron chi connectivity index (χ4n) is 2.65. The predicted octanol–water partition coefficient (Wildman–Crippen LogP) is 2.82. The topological polar surface area (TPSA) is 134 Å². The zero-order valence-electron chi connectivity index (χ0n) is 15.8. The third-order valence-corrected chi connectivity index (χ3v) is 5.08. The molecule has 0 atom stereocenters. The van der Waals surface area contributed by atoms with Gasteiger partial charge in [-0.15, -0.1) is 0 Å². The van der Waals surface area contributed by atoms with Crippen molar-refractivity contribution in [3.8, 4) is 0 Å². The summed E-state index contributed by atoms with van der Waals surface area (Å²) >= 11 is 5.68. The smallest absolute Gasteiger partial charge is 0.208 e. The molecule has 0 spiro atoms. The van der Waals surface area contributed by atoms with Gasteiger partial charge in [0.1, 0.15) is 11.3 Å². The normalized spacial score (nSPS) is 11.7. The molecule has 3 aromatic rings. The molecule has 5 N–H and O–H groups in total. The average molecular weight is 477 g/mol. The first-order valence-corrected chi connectivity index (χ1v) is 10.8. The summed E-state index contributed by atoms with van der Waals surface area (Å²) in [7, 11) is -3.40. The minimum atomic E-state index is -3.40. The molecule has 9 nitrogen and oxygen atoms in total. The van der Waals surface area contributed by atoms with E-state index in [1.165, 1.54) is 0 Å². The number of hydroxylamine groups is 1. The standard InChI is InChI=1S/C17H16ClF3N6O3S/c1-31(29,30)24-5-4-23-17-25-14-9(7-12(20)13(21)15(14)26-17)16(22)27(28)8-2-3-11(19)10(18)6-8/h2-3,6-7,22,24,28H,4-5H2,1H3,(H2,23,25,26). The lowest BCUT2D eigenvalue weighted by Gasteiger charge is -2.18. The van der Waals surface area contributed by atoms with Crippen LogP contribution in [0.25, 0.3) is 11.0 Å². The number of aromatic nitrogens is 2. The van der Waals surface area contributed by atoms with Crippen LogP contribution in [0.1, 0.15) is 5.56 Å². The van der Waals surface area contributed by atoms with Gasteiger partial charge in [0.05, 0.1) is 22.5 Å². The molecule has 31 heavy (non-hydrogen) atoms. The van der Waals surface area contributed by atoms with Gasteiger partial charge in [-0.2, -0.15) is 0 Å². The number of hydrogen-bond donors (Lipinski definition) is 5. The Balaban J connectivity index is 1.92. The Morgan fingerprint density at radius 2 is 1.97 bits per heavy atom. The van der Waals surface area contributed by atoms with Gasteiger partial charge in [-0.05, 0) is 24.3 Å². The van der Waals surface area contributed by atoms with Crippen LogP contribution in [0.5, 0.6) is 0 Å². The summed E-state index contributed by atoms with van der Waals surface area (Å²) in [5, 5.41) is 21.2. The molecule has 0 radical (unpaired) electrons. The molecule has 3 rings (SSSR count). The fourth-order valence-corrected chi connectivity index (χ4v) is 3.30. The fraction of sp³-hybridized carbons (Fsp3) is 0.176. The van der Waals surface area contributed by atoms with Gasteiger partial charge in [-0.25, -0.2) is 36.4 Å². The van der Waals surface area contributed by atoms with Crippen LogP contribution in [0.2, 0.25) is 5.02 Å². The van der Waals surface area contributed by atoms with Gasteiger partial charge in [-0.3, -0.25) is 10.6 Å². The lowest BCUT2D eigenvalue weighted by atomic mass is 10.1. The molecule has 0 unspecified atom stereocenters. The van der Waals surface area contributed by atoms with E-state index < -0.39 is 38.8 Å². The van der Waals surface area contributed by atoms with Gasteiger partial charge >= 0.3 is 0 Å². The zero-order chi connectivity index (χ0) is 22.9. The van der Waals surface area contributed by atoms with E-state index in [1.807, 2.05) is 0 Å². The number of imidazole rings is 1. The molecule has 0 aliphatic carbocycles. The highest BCUT2D eigenvalue weighted by molar-refractivity contribution is 7.88. The Kier molecular flexibility index (Phi) is 6.40. The number of nitrogens with zero attached hydrogens (tertiary/aromatic N) is 2. The Labute approximate surface area is 179 Å². The van der Waals surface area contributed by atoms with Crippen LogP contribution in [-0.2, 0) is 10.0 Å². The van der Waals surface area contributed by atoms with E-state index >= 15 is 0 Å². The zero-order valence-corrected chi connectivity index (χ0v) is 17.4. The molecular formula is C17H16ClF3N6O3S. The minimum absolute atomic E-state index is 0.00510. The first kappa shape index (κ1) is 22.8. The van der Waals surface area contributed by atoms with Crippen LogP contribution < -0.4 is 15.1 Å². The molecule has 0 saturated carbocycles. The van der Waals surface area contributed by atoms with Crippen molar-refractivity contribution in [2.45, 2.75) is 0 Å². The first-order valence-electron chi connectivity index (χ1n) is 8.57. The Hall–Kier alpha value is -2.87. The van der Waals surface area contributed by atoms with Crippen molar-refractivity contribution in [1.29, 1.82) is 5.41 Å². The summed E-state index contributed by atoms with van der Waals surface area (Å²) < 4.78 is 66.1. The number of aromatic amines is 1. The maximum atomic E-state index is 14.2. The summed E-state index contributed by atoms with van der Waals surface area (Å²) in [6, 6.07) is 3.86. The van der Waals surface area contributed by atoms with E-state index in [-0.39, 0.29) is 40.8 Å². The van der Waals surface area contributed by atoms with Crippen molar-refractivity contribution in [3.05, 3.63) is 52.3 Å². The molecule has 2 aromatic carbocycles. The number of rotatable bonds is 7. The third-order valence-electron chi connectivity index (χ3n) is 4.06. The second kappa shape index (κ2) is 8.70. The van der Waals surface area contributed by atoms with E-state index in [4.69, 9.17) is 17.0 Å². The van der Waals surface area contributed by atoms with E-state index in [0.717, 1.165) is 24.5 Å². The van der Waals surface area contributed by atoms with E-state index in [1.54, 1.807) is 0 Å². The number of fused-ring (bicyclic) bond motifs is 1. The summed E-state index contributed by atoms with van der Waals surface area (Å²) in [5.41, 5.74) is -0.871. The number of amidine groups is 1. The van der Waals surface area contributed by atoms with Crippen LogP contribution in [0.4, 0.5) is 24.8 Å². The molecular weight excluding hydrogens is 461 g/mol. The monoisotopic (exact) mass is 476 g/mol. The molecule has 0 saturated heterocycles. The first-order chi connectivity index (χ1) is 14.5. The third kappa shape index (κ3) is 5.07. The Morgan fingerprint density at radius 3 is 2.61 bits per heavy atom. The van der Waals surface area contributed by atoms with Crippen molar-refractivity contribution < 1.29 is 26.8 Å². The second-order valence-electron chi connectivity index (χ2n) is 6.38. The van der Waals surface area contributed by atoms with Crippen molar-refractivity contribution in [2.24, 2.45) is 0 Å². The summed E-state index contributed by atoms with van der Waals surface area (Å²) in [6.45, 7) is 0.0785. The van der Waals surface area contributed by atoms with Crippen LogP contribution in [-0.4, -0.2) is 48.8 Å². The van der Waals surface area contributed by atoms with Crippen molar-refractivity contribution in [2.75, 3.05) is 29.7 Å².